The van der Waals surface area contributed by atoms with E-state index in [2.05, 4.69) is 16.4 Å². The van der Waals surface area contributed by atoms with Crippen molar-refractivity contribution in [3.8, 4) is 11.8 Å². The van der Waals surface area contributed by atoms with Crippen molar-refractivity contribution in [3.63, 3.8) is 0 Å². The SMILES string of the molecule is C[C@H]1COc2c(N[C@@H]3CCC[C@@H](c4cccnc4)C3)c(F)c(N)c3c(=O)c(C#N)cn1c23. The highest BCUT2D eigenvalue weighted by Crippen LogP contribution is 2.44. The number of hydrogen-bond acceptors (Lipinski definition) is 6. The summed E-state index contributed by atoms with van der Waals surface area (Å²) >= 11 is 0. The number of ether oxygens (including phenoxy) is 1. The fourth-order valence-electron chi connectivity index (χ4n) is 5.00. The Bertz CT molecular complexity index is 1300. The molecule has 1 aromatic carbocycles. The van der Waals surface area contributed by atoms with Crippen molar-refractivity contribution in [1.29, 1.82) is 5.26 Å². The number of nitrogens with zero attached hydrogens (tertiary/aromatic N) is 3. The van der Waals surface area contributed by atoms with E-state index in [0.29, 0.717) is 18.0 Å². The molecule has 0 amide bonds. The molecule has 8 heteroatoms. The lowest BCUT2D eigenvalue weighted by molar-refractivity contribution is 0.247. The monoisotopic (exact) mass is 433 g/mol. The van der Waals surface area contributed by atoms with Crippen LogP contribution in [0.25, 0.3) is 10.9 Å². The molecule has 164 valence electrons. The average Bonchev–Trinajstić information content (AvgIpc) is 2.82. The van der Waals surface area contributed by atoms with Gasteiger partial charge in [0.25, 0.3) is 0 Å². The topological polar surface area (TPSA) is 106 Å². The van der Waals surface area contributed by atoms with Gasteiger partial charge in [-0.3, -0.25) is 9.78 Å². The maximum Gasteiger partial charge on any atom is 0.209 e. The number of anilines is 2. The van der Waals surface area contributed by atoms with Gasteiger partial charge in [-0.25, -0.2) is 4.39 Å². The first-order chi connectivity index (χ1) is 15.5. The van der Waals surface area contributed by atoms with Gasteiger partial charge in [0, 0.05) is 24.6 Å². The minimum absolute atomic E-state index is 0.00512. The van der Waals surface area contributed by atoms with Crippen LogP contribution in [-0.2, 0) is 0 Å². The molecule has 2 aromatic heterocycles. The van der Waals surface area contributed by atoms with Gasteiger partial charge in [0.15, 0.2) is 11.6 Å². The summed E-state index contributed by atoms with van der Waals surface area (Å²) in [7, 11) is 0. The van der Waals surface area contributed by atoms with E-state index < -0.39 is 11.2 Å². The molecule has 0 bridgehead atoms. The van der Waals surface area contributed by atoms with Crippen molar-refractivity contribution in [2.24, 2.45) is 0 Å². The third kappa shape index (κ3) is 3.16. The second kappa shape index (κ2) is 7.83. The largest absolute Gasteiger partial charge is 0.487 e. The molecule has 0 saturated heterocycles. The van der Waals surface area contributed by atoms with Gasteiger partial charge in [0.05, 0.1) is 22.6 Å². The molecule has 3 atom stereocenters. The van der Waals surface area contributed by atoms with Crippen LogP contribution in [0.5, 0.6) is 5.75 Å². The Labute approximate surface area is 184 Å². The first-order valence-electron chi connectivity index (χ1n) is 10.9. The predicted octanol–water partition coefficient (Wildman–Crippen LogP) is 4.08. The van der Waals surface area contributed by atoms with Crippen LogP contribution in [0.15, 0.2) is 35.5 Å². The second-order valence-electron chi connectivity index (χ2n) is 8.70. The summed E-state index contributed by atoms with van der Waals surface area (Å²) in [5, 5.41) is 12.7. The number of nitrogens with two attached hydrogens (primary N) is 1. The Kier molecular flexibility index (Phi) is 4.97. The normalized spacial score (nSPS) is 22.2. The van der Waals surface area contributed by atoms with E-state index in [0.717, 1.165) is 25.7 Å². The zero-order valence-corrected chi connectivity index (χ0v) is 17.8. The van der Waals surface area contributed by atoms with Crippen molar-refractivity contribution >= 4 is 22.3 Å². The molecule has 1 saturated carbocycles. The van der Waals surface area contributed by atoms with Crippen LogP contribution in [-0.4, -0.2) is 22.2 Å². The number of pyridine rings is 2. The number of aromatic nitrogens is 2. The van der Waals surface area contributed by atoms with Crippen LogP contribution in [0.4, 0.5) is 15.8 Å². The van der Waals surface area contributed by atoms with Gasteiger partial charge < -0.3 is 20.4 Å². The van der Waals surface area contributed by atoms with Crippen LogP contribution < -0.4 is 21.2 Å². The Morgan fingerprint density at radius 3 is 3.00 bits per heavy atom. The van der Waals surface area contributed by atoms with Gasteiger partial charge in [-0.1, -0.05) is 12.5 Å². The highest BCUT2D eigenvalue weighted by Gasteiger charge is 2.31. The van der Waals surface area contributed by atoms with Gasteiger partial charge in [0.2, 0.25) is 5.43 Å². The standard InChI is InChI=1S/C24H24FN5O2/c1-13-12-32-24-21(29-17-6-2-4-14(8-17)15-5-3-7-28-10-15)19(25)20(27)18-22(24)30(13)11-16(9-26)23(18)31/h3,5,7,10-11,13-14,17,29H,2,4,6,8,12,27H2,1H3/t13-,14+,17+/m0/s1. The van der Waals surface area contributed by atoms with E-state index in [1.807, 2.05) is 25.3 Å². The molecule has 0 spiro atoms. The van der Waals surface area contributed by atoms with Gasteiger partial charge in [-0.05, 0) is 43.7 Å². The number of rotatable bonds is 3. The van der Waals surface area contributed by atoms with Crippen molar-refractivity contribution in [1.82, 2.24) is 9.55 Å². The van der Waals surface area contributed by atoms with Gasteiger partial charge in [-0.2, -0.15) is 5.26 Å². The molecule has 1 fully saturated rings. The van der Waals surface area contributed by atoms with Crippen LogP contribution in [0.3, 0.4) is 0 Å². The highest BCUT2D eigenvalue weighted by atomic mass is 19.1. The molecule has 2 aliphatic rings. The van der Waals surface area contributed by atoms with E-state index in [1.165, 1.54) is 11.8 Å². The molecular formula is C24H24FN5O2. The number of nitrogens with one attached hydrogen (secondary N) is 1. The average molecular weight is 433 g/mol. The lowest BCUT2D eigenvalue weighted by Gasteiger charge is -2.33. The first kappa shape index (κ1) is 20.3. The van der Waals surface area contributed by atoms with Gasteiger partial charge in [0.1, 0.15) is 23.9 Å². The molecule has 32 heavy (non-hydrogen) atoms. The first-order valence-corrected chi connectivity index (χ1v) is 10.9. The fraction of sp³-hybridized carbons (Fsp3) is 0.375. The van der Waals surface area contributed by atoms with Gasteiger partial charge >= 0.3 is 0 Å². The van der Waals surface area contributed by atoms with Crippen LogP contribution in [0.1, 0.15) is 55.7 Å². The summed E-state index contributed by atoms with van der Waals surface area (Å²) in [5.74, 6) is -0.0799. The van der Waals surface area contributed by atoms with E-state index in [-0.39, 0.29) is 40.2 Å². The summed E-state index contributed by atoms with van der Waals surface area (Å²) in [5.41, 5.74) is 7.06. The number of nitriles is 1. The Morgan fingerprint density at radius 2 is 2.25 bits per heavy atom. The van der Waals surface area contributed by atoms with Crippen molar-refractivity contribution in [3.05, 3.63) is 57.9 Å². The van der Waals surface area contributed by atoms with Crippen LogP contribution in [0, 0.1) is 17.1 Å². The minimum atomic E-state index is -0.704. The molecule has 1 aliphatic heterocycles. The Morgan fingerprint density at radius 1 is 1.41 bits per heavy atom. The van der Waals surface area contributed by atoms with Crippen molar-refractivity contribution in [2.45, 2.75) is 50.6 Å². The van der Waals surface area contributed by atoms with E-state index in [4.69, 9.17) is 10.5 Å². The van der Waals surface area contributed by atoms with E-state index >= 15 is 4.39 Å². The number of hydrogen-bond donors (Lipinski definition) is 2. The maximum atomic E-state index is 15.5. The number of benzene rings is 1. The quantitative estimate of drug-likeness (QED) is 0.603. The predicted molar refractivity (Wildman–Crippen MR) is 120 cm³/mol. The summed E-state index contributed by atoms with van der Waals surface area (Å²) in [6, 6.07) is 5.81. The molecule has 3 N–H and O–H groups in total. The molecule has 3 aromatic rings. The molecule has 0 radical (unpaired) electrons. The third-order valence-electron chi connectivity index (χ3n) is 6.64. The van der Waals surface area contributed by atoms with E-state index in [1.54, 1.807) is 10.8 Å². The molecule has 0 unspecified atom stereocenters. The second-order valence-corrected chi connectivity index (χ2v) is 8.70. The summed E-state index contributed by atoms with van der Waals surface area (Å²) in [6.07, 6.45) is 8.96. The van der Waals surface area contributed by atoms with Crippen molar-refractivity contribution < 1.29 is 9.13 Å². The lowest BCUT2D eigenvalue weighted by atomic mass is 9.82. The van der Waals surface area contributed by atoms with E-state index in [9.17, 15) is 10.1 Å². The molecule has 3 heterocycles. The minimum Gasteiger partial charge on any atom is -0.487 e. The fourth-order valence-corrected chi connectivity index (χ4v) is 5.00. The highest BCUT2D eigenvalue weighted by molar-refractivity contribution is 6.00. The third-order valence-corrected chi connectivity index (χ3v) is 6.64. The summed E-state index contributed by atoms with van der Waals surface area (Å²) in [4.78, 5) is 17.1. The number of halogens is 1. The Balaban J connectivity index is 1.59. The molecule has 1 aliphatic carbocycles. The Hall–Kier alpha value is -3.60. The molecular weight excluding hydrogens is 409 g/mol. The maximum absolute atomic E-state index is 15.5. The van der Waals surface area contributed by atoms with Crippen LogP contribution in [0.2, 0.25) is 0 Å². The summed E-state index contributed by atoms with van der Waals surface area (Å²) in [6.45, 7) is 2.22. The van der Waals surface area contributed by atoms with Crippen LogP contribution >= 0.6 is 0 Å². The number of nitrogen functional groups attached to an aromatic ring is 1. The zero-order valence-electron chi connectivity index (χ0n) is 17.8. The van der Waals surface area contributed by atoms with Gasteiger partial charge in [-0.15, -0.1) is 0 Å². The molecule has 5 rings (SSSR count). The van der Waals surface area contributed by atoms with Crippen molar-refractivity contribution in [2.75, 3.05) is 17.7 Å². The zero-order chi connectivity index (χ0) is 22.4. The molecule has 7 nitrogen and oxygen atoms in total. The summed E-state index contributed by atoms with van der Waals surface area (Å²) < 4.78 is 23.3. The smallest absolute Gasteiger partial charge is 0.209 e. The lowest BCUT2D eigenvalue weighted by Crippen LogP contribution is -2.30.